The van der Waals surface area contributed by atoms with Crippen LogP contribution in [0.3, 0.4) is 0 Å². The second kappa shape index (κ2) is 3.83. The summed E-state index contributed by atoms with van der Waals surface area (Å²) >= 11 is 0. The SMILES string of the molecule is O=C1NC(=NC2CC2)NC12CCCc1ccccc12. The molecule has 1 spiro atoms. The van der Waals surface area contributed by atoms with Crippen LogP contribution >= 0.6 is 0 Å². The molecule has 19 heavy (non-hydrogen) atoms. The van der Waals surface area contributed by atoms with Gasteiger partial charge in [-0.1, -0.05) is 24.3 Å². The van der Waals surface area contributed by atoms with Crippen molar-refractivity contribution in [3.8, 4) is 0 Å². The van der Waals surface area contributed by atoms with Crippen LogP contribution in [-0.2, 0) is 16.8 Å². The van der Waals surface area contributed by atoms with Crippen LogP contribution < -0.4 is 10.6 Å². The molecule has 98 valence electrons. The lowest BCUT2D eigenvalue weighted by Crippen LogP contribution is -2.46. The lowest BCUT2D eigenvalue weighted by atomic mass is 9.76. The van der Waals surface area contributed by atoms with Crippen LogP contribution in [0.1, 0.15) is 36.8 Å². The minimum atomic E-state index is -0.581. The first-order valence-corrected chi connectivity index (χ1v) is 7.04. The number of rotatable bonds is 1. The molecule has 1 unspecified atom stereocenters. The van der Waals surface area contributed by atoms with Gasteiger partial charge >= 0.3 is 0 Å². The van der Waals surface area contributed by atoms with E-state index in [1.54, 1.807) is 0 Å². The average molecular weight is 255 g/mol. The highest BCUT2D eigenvalue weighted by molar-refractivity contribution is 6.09. The van der Waals surface area contributed by atoms with Crippen LogP contribution in [0.5, 0.6) is 0 Å². The Morgan fingerprint density at radius 3 is 2.95 bits per heavy atom. The molecule has 0 radical (unpaired) electrons. The summed E-state index contributed by atoms with van der Waals surface area (Å²) in [6, 6.07) is 8.67. The minimum absolute atomic E-state index is 0.0547. The van der Waals surface area contributed by atoms with Crippen LogP contribution in [0.15, 0.2) is 29.3 Å². The molecule has 1 saturated heterocycles. The number of guanidine groups is 1. The van der Waals surface area contributed by atoms with E-state index < -0.39 is 5.54 Å². The van der Waals surface area contributed by atoms with Gasteiger partial charge in [-0.2, -0.15) is 0 Å². The number of aryl methyl sites for hydroxylation is 1. The quantitative estimate of drug-likeness (QED) is 0.798. The van der Waals surface area contributed by atoms with Crippen molar-refractivity contribution in [1.29, 1.82) is 0 Å². The van der Waals surface area contributed by atoms with Crippen molar-refractivity contribution in [2.45, 2.75) is 43.7 Å². The molecule has 1 aromatic carbocycles. The lowest BCUT2D eigenvalue weighted by molar-refractivity contribution is -0.124. The molecule has 1 aliphatic heterocycles. The smallest absolute Gasteiger partial charge is 0.257 e. The highest BCUT2D eigenvalue weighted by Crippen LogP contribution is 2.37. The second-order valence-corrected chi connectivity index (χ2v) is 5.70. The van der Waals surface area contributed by atoms with Gasteiger partial charge in [-0.25, -0.2) is 4.99 Å². The zero-order chi connectivity index (χ0) is 12.9. The number of nitrogens with zero attached hydrogens (tertiary/aromatic N) is 1. The van der Waals surface area contributed by atoms with E-state index in [1.807, 2.05) is 12.1 Å². The van der Waals surface area contributed by atoms with Gasteiger partial charge in [-0.05, 0) is 43.2 Å². The van der Waals surface area contributed by atoms with Gasteiger partial charge in [0.05, 0.1) is 6.04 Å². The maximum atomic E-state index is 12.5. The zero-order valence-corrected chi connectivity index (χ0v) is 10.8. The van der Waals surface area contributed by atoms with Gasteiger partial charge in [-0.15, -0.1) is 0 Å². The summed E-state index contributed by atoms with van der Waals surface area (Å²) < 4.78 is 0. The number of carbonyl (C=O) groups excluding carboxylic acids is 1. The maximum absolute atomic E-state index is 12.5. The lowest BCUT2D eigenvalue weighted by Gasteiger charge is -2.33. The zero-order valence-electron chi connectivity index (χ0n) is 10.8. The first-order chi connectivity index (χ1) is 9.28. The van der Waals surface area contributed by atoms with Gasteiger partial charge in [0.15, 0.2) is 5.96 Å². The molecule has 4 rings (SSSR count). The molecule has 1 aromatic rings. The van der Waals surface area contributed by atoms with Crippen molar-refractivity contribution in [3.63, 3.8) is 0 Å². The molecule has 1 amide bonds. The van der Waals surface area contributed by atoms with E-state index in [2.05, 4.69) is 27.8 Å². The Kier molecular flexibility index (Phi) is 2.22. The summed E-state index contributed by atoms with van der Waals surface area (Å²) in [6.45, 7) is 0. The first-order valence-electron chi connectivity index (χ1n) is 7.04. The van der Waals surface area contributed by atoms with E-state index in [0.29, 0.717) is 12.0 Å². The summed E-state index contributed by atoms with van der Waals surface area (Å²) in [6.07, 6.45) is 5.23. The van der Waals surface area contributed by atoms with E-state index >= 15 is 0 Å². The monoisotopic (exact) mass is 255 g/mol. The summed E-state index contributed by atoms with van der Waals surface area (Å²) in [4.78, 5) is 17.0. The molecule has 1 saturated carbocycles. The summed E-state index contributed by atoms with van der Waals surface area (Å²) in [5.74, 6) is 0.725. The van der Waals surface area contributed by atoms with Crippen molar-refractivity contribution in [3.05, 3.63) is 35.4 Å². The topological polar surface area (TPSA) is 53.5 Å². The number of amides is 1. The van der Waals surface area contributed by atoms with Crippen LogP contribution in [0, 0.1) is 0 Å². The van der Waals surface area contributed by atoms with E-state index in [0.717, 1.165) is 37.7 Å². The Morgan fingerprint density at radius 2 is 2.11 bits per heavy atom. The molecule has 2 aliphatic carbocycles. The molecule has 4 heteroatoms. The number of fused-ring (bicyclic) bond motifs is 2. The van der Waals surface area contributed by atoms with E-state index in [-0.39, 0.29) is 5.91 Å². The van der Waals surface area contributed by atoms with Crippen molar-refractivity contribution in [2.24, 2.45) is 4.99 Å². The summed E-state index contributed by atoms with van der Waals surface area (Å²) in [7, 11) is 0. The molecular formula is C15H17N3O. The third-order valence-electron chi connectivity index (χ3n) is 4.28. The van der Waals surface area contributed by atoms with Crippen molar-refractivity contribution in [1.82, 2.24) is 10.6 Å². The normalized spacial score (nSPS) is 31.2. The number of hydrogen-bond donors (Lipinski definition) is 2. The summed E-state index contributed by atoms with van der Waals surface area (Å²) in [5, 5.41) is 6.30. The highest BCUT2D eigenvalue weighted by Gasteiger charge is 2.49. The van der Waals surface area contributed by atoms with Crippen LogP contribution in [-0.4, -0.2) is 17.9 Å². The molecule has 1 atom stereocenters. The van der Waals surface area contributed by atoms with Gasteiger partial charge in [-0.3, -0.25) is 10.1 Å². The molecule has 3 aliphatic rings. The standard InChI is InChI=1S/C15H17N3O/c19-13-15(18-14(17-13)16-11-7-8-11)9-3-5-10-4-1-2-6-12(10)15/h1-2,4,6,11H,3,5,7-9H2,(H2,16,17,18,19). The van der Waals surface area contributed by atoms with Crippen LogP contribution in [0.2, 0.25) is 0 Å². The Bertz CT molecular complexity index is 577. The van der Waals surface area contributed by atoms with E-state index in [9.17, 15) is 4.79 Å². The summed E-state index contributed by atoms with van der Waals surface area (Å²) in [5.41, 5.74) is 1.83. The highest BCUT2D eigenvalue weighted by atomic mass is 16.2. The maximum Gasteiger partial charge on any atom is 0.257 e. The predicted octanol–water partition coefficient (Wildman–Crippen LogP) is 1.46. The van der Waals surface area contributed by atoms with Crippen molar-refractivity contribution in [2.75, 3.05) is 0 Å². The van der Waals surface area contributed by atoms with Gasteiger partial charge in [0.25, 0.3) is 5.91 Å². The predicted molar refractivity (Wildman–Crippen MR) is 72.8 cm³/mol. The van der Waals surface area contributed by atoms with E-state index in [4.69, 9.17) is 0 Å². The fourth-order valence-electron chi connectivity index (χ4n) is 3.15. The van der Waals surface area contributed by atoms with Crippen LogP contribution in [0.4, 0.5) is 0 Å². The molecule has 2 fully saturated rings. The Morgan fingerprint density at radius 1 is 1.26 bits per heavy atom. The van der Waals surface area contributed by atoms with Gasteiger partial charge in [0, 0.05) is 0 Å². The van der Waals surface area contributed by atoms with Crippen molar-refractivity contribution >= 4 is 11.9 Å². The van der Waals surface area contributed by atoms with Gasteiger partial charge < -0.3 is 5.32 Å². The third kappa shape index (κ3) is 1.66. The number of benzene rings is 1. The molecule has 4 nitrogen and oxygen atoms in total. The second-order valence-electron chi connectivity index (χ2n) is 5.70. The number of aliphatic imine (C=N–C) groups is 1. The minimum Gasteiger partial charge on any atom is -0.338 e. The Labute approximate surface area is 112 Å². The fourth-order valence-corrected chi connectivity index (χ4v) is 3.15. The van der Waals surface area contributed by atoms with Crippen molar-refractivity contribution < 1.29 is 4.79 Å². The van der Waals surface area contributed by atoms with E-state index in [1.165, 1.54) is 5.56 Å². The Balaban J connectivity index is 1.76. The van der Waals surface area contributed by atoms with Gasteiger partial charge in [0.2, 0.25) is 0 Å². The average Bonchev–Trinajstić information content (AvgIpc) is 3.17. The number of nitrogens with one attached hydrogen (secondary N) is 2. The molecule has 2 N–H and O–H groups in total. The first kappa shape index (κ1) is 11.0. The molecule has 1 heterocycles. The third-order valence-corrected chi connectivity index (χ3v) is 4.28. The van der Waals surface area contributed by atoms with Crippen LogP contribution in [0.25, 0.3) is 0 Å². The van der Waals surface area contributed by atoms with Gasteiger partial charge in [0.1, 0.15) is 5.54 Å². The number of carbonyl (C=O) groups is 1. The largest absolute Gasteiger partial charge is 0.338 e. The number of hydrogen-bond acceptors (Lipinski definition) is 2. The fraction of sp³-hybridized carbons (Fsp3) is 0.467. The molecule has 0 aromatic heterocycles. The Hall–Kier alpha value is -1.84. The molecule has 0 bridgehead atoms. The molecular weight excluding hydrogens is 238 g/mol.